The van der Waals surface area contributed by atoms with Crippen molar-refractivity contribution in [3.63, 3.8) is 0 Å². The van der Waals surface area contributed by atoms with Crippen molar-refractivity contribution in [3.8, 4) is 11.3 Å². The molecule has 0 radical (unpaired) electrons. The number of nitrogens with zero attached hydrogens (tertiary/aromatic N) is 1. The molecule has 0 atom stereocenters. The largest absolute Gasteiger partial charge is 0.457 e. The fourth-order valence-corrected chi connectivity index (χ4v) is 3.65. The van der Waals surface area contributed by atoms with Crippen molar-refractivity contribution in [2.75, 3.05) is 6.54 Å². The Morgan fingerprint density at radius 3 is 2.92 bits per heavy atom. The van der Waals surface area contributed by atoms with E-state index in [0.717, 1.165) is 12.8 Å². The number of carbonyl (C=O) groups excluding carboxylic acids is 1. The average Bonchev–Trinajstić information content (AvgIpc) is 3.12. The maximum absolute atomic E-state index is 13.3. The van der Waals surface area contributed by atoms with Gasteiger partial charge in [-0.3, -0.25) is 9.69 Å². The summed E-state index contributed by atoms with van der Waals surface area (Å²) in [6.07, 6.45) is 3.61. The molecule has 0 aliphatic carbocycles. The molecule has 3 rings (SSSR count). The molecule has 2 aromatic rings. The van der Waals surface area contributed by atoms with Gasteiger partial charge in [-0.05, 0) is 30.7 Å². The third kappa shape index (κ3) is 3.60. The minimum absolute atomic E-state index is 0.0813. The van der Waals surface area contributed by atoms with E-state index in [1.165, 1.54) is 23.9 Å². The number of carbonyl (C=O) groups is 1. The topological polar surface area (TPSA) is 33.5 Å². The molecule has 24 heavy (non-hydrogen) atoms. The minimum atomic E-state index is -0.317. The molecule has 0 spiro atoms. The van der Waals surface area contributed by atoms with Crippen LogP contribution in [-0.2, 0) is 4.79 Å². The Bertz CT molecular complexity index is 813. The van der Waals surface area contributed by atoms with Crippen LogP contribution in [0.4, 0.5) is 4.39 Å². The SMILES string of the molecule is CCCCN1C(=O)/C(=C\c2ccc(-c3cccc(F)c3)o2)SC1=S. The first kappa shape index (κ1) is 16.9. The lowest BCUT2D eigenvalue weighted by Crippen LogP contribution is -2.28. The van der Waals surface area contributed by atoms with Gasteiger partial charge in [-0.25, -0.2) is 4.39 Å². The summed E-state index contributed by atoms with van der Waals surface area (Å²) in [6.45, 7) is 2.72. The molecule has 0 unspecified atom stereocenters. The molecule has 0 N–H and O–H groups in total. The Kier molecular flexibility index (Phi) is 5.16. The van der Waals surface area contributed by atoms with Crippen molar-refractivity contribution in [1.82, 2.24) is 4.90 Å². The van der Waals surface area contributed by atoms with Gasteiger partial charge < -0.3 is 4.42 Å². The second kappa shape index (κ2) is 7.32. The summed E-state index contributed by atoms with van der Waals surface area (Å²) in [7, 11) is 0. The van der Waals surface area contributed by atoms with Gasteiger partial charge in [0, 0.05) is 18.2 Å². The second-order valence-electron chi connectivity index (χ2n) is 5.40. The summed E-state index contributed by atoms with van der Waals surface area (Å²) in [4.78, 5) is 14.6. The van der Waals surface area contributed by atoms with Crippen molar-refractivity contribution >= 4 is 40.3 Å². The van der Waals surface area contributed by atoms with Gasteiger partial charge in [-0.2, -0.15) is 0 Å². The van der Waals surface area contributed by atoms with Crippen molar-refractivity contribution in [2.45, 2.75) is 19.8 Å². The van der Waals surface area contributed by atoms with E-state index in [2.05, 4.69) is 6.92 Å². The molecule has 1 aromatic heterocycles. The number of benzene rings is 1. The van der Waals surface area contributed by atoms with Crippen LogP contribution in [0.2, 0.25) is 0 Å². The van der Waals surface area contributed by atoms with Crippen LogP contribution in [0.25, 0.3) is 17.4 Å². The zero-order chi connectivity index (χ0) is 17.1. The molecule has 2 heterocycles. The van der Waals surface area contributed by atoms with E-state index >= 15 is 0 Å². The molecule has 0 bridgehead atoms. The van der Waals surface area contributed by atoms with Crippen molar-refractivity contribution in [2.24, 2.45) is 0 Å². The predicted octanol–water partition coefficient (Wildman–Crippen LogP) is 5.09. The van der Waals surface area contributed by atoms with E-state index in [4.69, 9.17) is 16.6 Å². The highest BCUT2D eigenvalue weighted by Gasteiger charge is 2.31. The quantitative estimate of drug-likeness (QED) is 0.549. The molecule has 0 saturated carbocycles. The minimum Gasteiger partial charge on any atom is -0.457 e. The van der Waals surface area contributed by atoms with Gasteiger partial charge in [0.05, 0.1) is 4.91 Å². The lowest BCUT2D eigenvalue weighted by Gasteiger charge is -2.12. The maximum atomic E-state index is 13.3. The number of unbranched alkanes of at least 4 members (excludes halogenated alkanes) is 1. The first-order valence-electron chi connectivity index (χ1n) is 7.69. The highest BCUT2D eigenvalue weighted by molar-refractivity contribution is 8.26. The average molecular weight is 361 g/mol. The standard InChI is InChI=1S/C18H16FNO2S2/c1-2-3-9-20-17(21)16(24-18(20)23)11-14-7-8-15(22-14)12-5-4-6-13(19)10-12/h4-8,10-11H,2-3,9H2,1H3/b16-11+. The molecule has 124 valence electrons. The molecule has 1 fully saturated rings. The number of thiocarbonyl (C=S) groups is 1. The Morgan fingerprint density at radius 2 is 2.17 bits per heavy atom. The number of hydrogen-bond donors (Lipinski definition) is 0. The molecule has 1 saturated heterocycles. The number of thioether (sulfide) groups is 1. The van der Waals surface area contributed by atoms with Crippen LogP contribution in [0, 0.1) is 5.82 Å². The molecular weight excluding hydrogens is 345 g/mol. The summed E-state index contributed by atoms with van der Waals surface area (Å²) in [5, 5.41) is 0. The fraction of sp³-hybridized carbons (Fsp3) is 0.222. The van der Waals surface area contributed by atoms with Crippen LogP contribution in [0.15, 0.2) is 45.7 Å². The van der Waals surface area contributed by atoms with Gasteiger partial charge in [0.25, 0.3) is 5.91 Å². The van der Waals surface area contributed by atoms with Gasteiger partial charge in [-0.1, -0.05) is 49.5 Å². The number of rotatable bonds is 5. The highest BCUT2D eigenvalue weighted by atomic mass is 32.2. The maximum Gasteiger partial charge on any atom is 0.266 e. The van der Waals surface area contributed by atoms with Crippen LogP contribution >= 0.6 is 24.0 Å². The van der Waals surface area contributed by atoms with E-state index in [1.807, 2.05) is 0 Å². The zero-order valence-electron chi connectivity index (χ0n) is 13.1. The summed E-state index contributed by atoms with van der Waals surface area (Å²) in [5.41, 5.74) is 0.658. The van der Waals surface area contributed by atoms with Gasteiger partial charge in [0.1, 0.15) is 21.7 Å². The third-order valence-electron chi connectivity index (χ3n) is 3.62. The summed E-state index contributed by atoms with van der Waals surface area (Å²) >= 11 is 6.56. The normalized spacial score (nSPS) is 16.4. The zero-order valence-corrected chi connectivity index (χ0v) is 14.8. The molecule has 1 amide bonds. The first-order chi connectivity index (χ1) is 11.6. The van der Waals surface area contributed by atoms with Gasteiger partial charge in [0.15, 0.2) is 0 Å². The number of halogens is 1. The van der Waals surface area contributed by atoms with Crippen molar-refractivity contribution in [3.05, 3.63) is 52.9 Å². The number of amides is 1. The molecule has 1 aliphatic heterocycles. The smallest absolute Gasteiger partial charge is 0.266 e. The van der Waals surface area contributed by atoms with E-state index in [1.54, 1.807) is 35.2 Å². The van der Waals surface area contributed by atoms with Crippen LogP contribution in [0.5, 0.6) is 0 Å². The Labute approximate surface area is 149 Å². The third-order valence-corrected chi connectivity index (χ3v) is 5.00. The second-order valence-corrected chi connectivity index (χ2v) is 7.08. The highest BCUT2D eigenvalue weighted by Crippen LogP contribution is 2.33. The molecule has 1 aromatic carbocycles. The van der Waals surface area contributed by atoms with Gasteiger partial charge in [-0.15, -0.1) is 0 Å². The molecule has 6 heteroatoms. The van der Waals surface area contributed by atoms with E-state index in [9.17, 15) is 9.18 Å². The summed E-state index contributed by atoms with van der Waals surface area (Å²) in [6, 6.07) is 9.72. The van der Waals surface area contributed by atoms with E-state index in [0.29, 0.717) is 32.9 Å². The first-order valence-corrected chi connectivity index (χ1v) is 8.92. The van der Waals surface area contributed by atoms with Crippen LogP contribution in [-0.4, -0.2) is 21.7 Å². The Balaban J connectivity index is 1.80. The molecule has 3 nitrogen and oxygen atoms in total. The Hall–Kier alpha value is -1.92. The Morgan fingerprint density at radius 1 is 1.33 bits per heavy atom. The number of hydrogen-bond acceptors (Lipinski definition) is 4. The summed E-state index contributed by atoms with van der Waals surface area (Å²) in [5.74, 6) is 0.705. The van der Waals surface area contributed by atoms with Crippen molar-refractivity contribution < 1.29 is 13.6 Å². The van der Waals surface area contributed by atoms with Gasteiger partial charge >= 0.3 is 0 Å². The summed E-state index contributed by atoms with van der Waals surface area (Å²) < 4.78 is 19.6. The fourth-order valence-electron chi connectivity index (χ4n) is 2.37. The monoisotopic (exact) mass is 361 g/mol. The van der Waals surface area contributed by atoms with Crippen molar-refractivity contribution in [1.29, 1.82) is 0 Å². The van der Waals surface area contributed by atoms with E-state index < -0.39 is 0 Å². The molecular formula is C18H16FNO2S2. The van der Waals surface area contributed by atoms with Crippen LogP contribution < -0.4 is 0 Å². The van der Waals surface area contributed by atoms with Gasteiger partial charge in [0.2, 0.25) is 0 Å². The number of furan rings is 1. The lowest BCUT2D eigenvalue weighted by molar-refractivity contribution is -0.122. The van der Waals surface area contributed by atoms with Crippen LogP contribution in [0.3, 0.4) is 0 Å². The molecule has 1 aliphatic rings. The lowest BCUT2D eigenvalue weighted by atomic mass is 10.2. The van der Waals surface area contributed by atoms with Crippen LogP contribution in [0.1, 0.15) is 25.5 Å². The van der Waals surface area contributed by atoms with E-state index in [-0.39, 0.29) is 11.7 Å². The predicted molar refractivity (Wildman–Crippen MR) is 98.9 cm³/mol.